The van der Waals surface area contributed by atoms with E-state index in [0.29, 0.717) is 11.3 Å². The van der Waals surface area contributed by atoms with Crippen LogP contribution < -0.4 is 19.5 Å². The van der Waals surface area contributed by atoms with Crippen molar-refractivity contribution in [2.24, 2.45) is 11.8 Å². The Bertz CT molecular complexity index is 1120. The second kappa shape index (κ2) is 11.1. The molecule has 0 heterocycles. The zero-order valence-corrected chi connectivity index (χ0v) is 20.3. The molecule has 0 saturated heterocycles. The summed E-state index contributed by atoms with van der Waals surface area (Å²) in [6, 6.07) is 7.25. The van der Waals surface area contributed by atoms with E-state index < -0.39 is 24.3 Å². The number of nitrogens with one attached hydrogen (secondary N) is 1. The lowest BCUT2D eigenvalue weighted by atomic mass is 10.1. The van der Waals surface area contributed by atoms with Crippen LogP contribution in [0.15, 0.2) is 30.3 Å². The van der Waals surface area contributed by atoms with Gasteiger partial charge in [0.15, 0.2) is 29.7 Å². The smallest absolute Gasteiger partial charge is 0.340 e. The van der Waals surface area contributed by atoms with Gasteiger partial charge in [-0.3, -0.25) is 9.59 Å². The van der Waals surface area contributed by atoms with Gasteiger partial charge in [0.1, 0.15) is 0 Å². The van der Waals surface area contributed by atoms with Crippen molar-refractivity contribution >= 4 is 23.5 Å². The standard InChI is InChI=1S/C25H29FN2O7/c1-14-8-16(14)24(30)27-19-11-22(34-5)21(33-4)10-17(19)25(31)35-13-23(29)28(2)12-15-6-7-20(32-3)18(26)9-15/h6-7,9-11,14,16H,8,12-13H2,1-5H3,(H,27,30). The number of carbonyl (C=O) groups excluding carboxylic acids is 3. The van der Waals surface area contributed by atoms with Gasteiger partial charge in [0, 0.05) is 31.6 Å². The molecule has 1 fully saturated rings. The lowest BCUT2D eigenvalue weighted by Crippen LogP contribution is -2.31. The van der Waals surface area contributed by atoms with Crippen molar-refractivity contribution in [3.8, 4) is 17.2 Å². The molecule has 188 valence electrons. The number of anilines is 1. The summed E-state index contributed by atoms with van der Waals surface area (Å²) in [5.41, 5.74) is 0.771. The highest BCUT2D eigenvalue weighted by molar-refractivity contribution is 6.03. The molecule has 35 heavy (non-hydrogen) atoms. The number of amides is 2. The Labute approximate surface area is 203 Å². The van der Waals surface area contributed by atoms with E-state index in [1.165, 1.54) is 57.5 Å². The molecule has 0 aliphatic heterocycles. The van der Waals surface area contributed by atoms with Crippen LogP contribution in [0.3, 0.4) is 0 Å². The normalized spacial score (nSPS) is 16.2. The van der Waals surface area contributed by atoms with E-state index in [1.54, 1.807) is 6.07 Å². The molecule has 2 amide bonds. The highest BCUT2D eigenvalue weighted by Gasteiger charge is 2.39. The summed E-state index contributed by atoms with van der Waals surface area (Å²) in [5, 5.41) is 2.75. The van der Waals surface area contributed by atoms with Crippen LogP contribution in [0.5, 0.6) is 17.2 Å². The molecule has 0 radical (unpaired) electrons. The Morgan fingerprint density at radius 3 is 2.23 bits per heavy atom. The van der Waals surface area contributed by atoms with Crippen LogP contribution in [-0.2, 0) is 20.9 Å². The Balaban J connectivity index is 1.69. The van der Waals surface area contributed by atoms with Crippen LogP contribution in [0, 0.1) is 17.7 Å². The van der Waals surface area contributed by atoms with E-state index in [2.05, 4.69) is 5.32 Å². The van der Waals surface area contributed by atoms with Crippen molar-refractivity contribution < 1.29 is 37.7 Å². The number of hydrogen-bond acceptors (Lipinski definition) is 7. The predicted molar refractivity (Wildman–Crippen MR) is 125 cm³/mol. The Morgan fingerprint density at radius 2 is 1.66 bits per heavy atom. The van der Waals surface area contributed by atoms with Gasteiger partial charge in [-0.2, -0.15) is 0 Å². The third kappa shape index (κ3) is 6.20. The molecule has 2 aromatic rings. The maximum absolute atomic E-state index is 13.9. The van der Waals surface area contributed by atoms with E-state index in [1.807, 2.05) is 6.92 Å². The van der Waals surface area contributed by atoms with Crippen molar-refractivity contribution in [2.45, 2.75) is 19.9 Å². The molecule has 2 atom stereocenters. The number of benzene rings is 2. The molecular formula is C25H29FN2O7. The van der Waals surface area contributed by atoms with Gasteiger partial charge in [0.2, 0.25) is 5.91 Å². The molecule has 0 bridgehead atoms. The average Bonchev–Trinajstić information content (AvgIpc) is 3.58. The summed E-state index contributed by atoms with van der Waals surface area (Å²) in [7, 11) is 5.73. The quantitative estimate of drug-likeness (QED) is 0.512. The molecule has 3 rings (SSSR count). The lowest BCUT2D eigenvalue weighted by molar-refractivity contribution is -0.133. The van der Waals surface area contributed by atoms with Crippen LogP contribution >= 0.6 is 0 Å². The summed E-state index contributed by atoms with van der Waals surface area (Å²) < 4.78 is 34.6. The fourth-order valence-corrected chi connectivity index (χ4v) is 3.55. The van der Waals surface area contributed by atoms with Gasteiger partial charge >= 0.3 is 5.97 Å². The first kappa shape index (κ1) is 25.8. The van der Waals surface area contributed by atoms with Crippen LogP contribution in [0.2, 0.25) is 0 Å². The molecule has 10 heteroatoms. The minimum Gasteiger partial charge on any atom is -0.494 e. The Kier molecular flexibility index (Phi) is 8.16. The number of hydrogen-bond donors (Lipinski definition) is 1. The number of ether oxygens (including phenoxy) is 4. The fourth-order valence-electron chi connectivity index (χ4n) is 3.55. The molecule has 9 nitrogen and oxygen atoms in total. The van der Waals surface area contributed by atoms with Gasteiger partial charge in [-0.05, 0) is 30.0 Å². The molecule has 1 N–H and O–H groups in total. The molecule has 0 aromatic heterocycles. The molecule has 2 aromatic carbocycles. The van der Waals surface area contributed by atoms with E-state index in [-0.39, 0.29) is 47.0 Å². The van der Waals surface area contributed by atoms with Gasteiger partial charge in [-0.25, -0.2) is 9.18 Å². The van der Waals surface area contributed by atoms with Gasteiger partial charge in [0.05, 0.1) is 32.6 Å². The van der Waals surface area contributed by atoms with Gasteiger partial charge < -0.3 is 29.2 Å². The van der Waals surface area contributed by atoms with E-state index in [4.69, 9.17) is 18.9 Å². The first-order valence-electron chi connectivity index (χ1n) is 11.0. The maximum atomic E-state index is 13.9. The number of methoxy groups -OCH3 is 3. The summed E-state index contributed by atoms with van der Waals surface area (Å²) in [4.78, 5) is 39.2. The predicted octanol–water partition coefficient (Wildman–Crippen LogP) is 3.26. The first-order valence-corrected chi connectivity index (χ1v) is 11.0. The minimum absolute atomic E-state index is 0.0250. The second-order valence-electron chi connectivity index (χ2n) is 8.36. The van der Waals surface area contributed by atoms with Crippen LogP contribution in [-0.4, -0.2) is 57.7 Å². The maximum Gasteiger partial charge on any atom is 0.340 e. The first-order chi connectivity index (χ1) is 16.7. The molecule has 1 saturated carbocycles. The zero-order chi connectivity index (χ0) is 25.7. The van der Waals surface area contributed by atoms with Crippen LogP contribution in [0.4, 0.5) is 10.1 Å². The van der Waals surface area contributed by atoms with E-state index in [9.17, 15) is 18.8 Å². The summed E-state index contributed by atoms with van der Waals surface area (Å²) in [5.74, 6) is -1.21. The number of likely N-dealkylation sites (N-methyl/N-ethyl adjacent to an activating group) is 1. The Hall–Kier alpha value is -3.82. The lowest BCUT2D eigenvalue weighted by Gasteiger charge is -2.18. The van der Waals surface area contributed by atoms with Crippen molar-refractivity contribution in [3.05, 3.63) is 47.3 Å². The third-order valence-electron chi connectivity index (χ3n) is 5.84. The highest BCUT2D eigenvalue weighted by Crippen LogP contribution is 2.40. The minimum atomic E-state index is -0.817. The van der Waals surface area contributed by atoms with Crippen molar-refractivity contribution in [3.63, 3.8) is 0 Å². The molecule has 1 aliphatic carbocycles. The molecule has 1 aliphatic rings. The third-order valence-corrected chi connectivity index (χ3v) is 5.84. The SMILES string of the molecule is COc1ccc(CN(C)C(=O)COC(=O)c2cc(OC)c(OC)cc2NC(=O)C2CC2C)cc1F. The number of rotatable bonds is 10. The van der Waals surface area contributed by atoms with Crippen molar-refractivity contribution in [1.29, 1.82) is 0 Å². The fraction of sp³-hybridized carbons (Fsp3) is 0.400. The molecular weight excluding hydrogens is 459 g/mol. The summed E-state index contributed by atoms with van der Waals surface area (Å²) in [6.07, 6.45) is 0.776. The molecule has 0 spiro atoms. The number of halogens is 1. The number of esters is 1. The van der Waals surface area contributed by atoms with Crippen LogP contribution in [0.1, 0.15) is 29.3 Å². The van der Waals surface area contributed by atoms with Gasteiger partial charge in [-0.1, -0.05) is 13.0 Å². The second-order valence-corrected chi connectivity index (χ2v) is 8.36. The topological polar surface area (TPSA) is 103 Å². The summed E-state index contributed by atoms with van der Waals surface area (Å²) >= 11 is 0. The van der Waals surface area contributed by atoms with Crippen molar-refractivity contribution in [1.82, 2.24) is 4.90 Å². The zero-order valence-electron chi connectivity index (χ0n) is 20.3. The number of carbonyl (C=O) groups is 3. The van der Waals surface area contributed by atoms with Gasteiger partial charge in [0.25, 0.3) is 5.91 Å². The van der Waals surface area contributed by atoms with Crippen LogP contribution in [0.25, 0.3) is 0 Å². The van der Waals surface area contributed by atoms with Crippen molar-refractivity contribution in [2.75, 3.05) is 40.3 Å². The average molecular weight is 489 g/mol. The number of nitrogens with zero attached hydrogens (tertiary/aromatic N) is 1. The summed E-state index contributed by atoms with van der Waals surface area (Å²) in [6.45, 7) is 1.53. The highest BCUT2D eigenvalue weighted by atomic mass is 19.1. The monoisotopic (exact) mass is 488 g/mol. The largest absolute Gasteiger partial charge is 0.494 e. The van der Waals surface area contributed by atoms with E-state index in [0.717, 1.165) is 6.42 Å². The van der Waals surface area contributed by atoms with E-state index >= 15 is 0 Å². The molecule has 2 unspecified atom stereocenters. The Morgan fingerprint density at radius 1 is 1.03 bits per heavy atom. The van der Waals surface area contributed by atoms with Gasteiger partial charge in [-0.15, -0.1) is 0 Å².